The van der Waals surface area contributed by atoms with Gasteiger partial charge in [0, 0.05) is 18.1 Å². The van der Waals surface area contributed by atoms with Crippen LogP contribution in [0, 0.1) is 5.41 Å². The van der Waals surface area contributed by atoms with Gasteiger partial charge in [-0.1, -0.05) is 32.9 Å². The fraction of sp³-hybridized carbons (Fsp3) is 0.500. The van der Waals surface area contributed by atoms with Crippen molar-refractivity contribution in [1.29, 1.82) is 0 Å². The van der Waals surface area contributed by atoms with E-state index in [0.717, 1.165) is 11.4 Å². The Bertz CT molecular complexity index is 923. The van der Waals surface area contributed by atoms with Crippen LogP contribution in [-0.4, -0.2) is 32.0 Å². The topological polar surface area (TPSA) is 83.0 Å². The lowest BCUT2D eigenvalue weighted by atomic mass is 9.89. The molecule has 7 nitrogen and oxygen atoms in total. The lowest BCUT2D eigenvalue weighted by Gasteiger charge is -2.17. The van der Waals surface area contributed by atoms with Crippen LogP contribution in [0.4, 0.5) is 0 Å². The van der Waals surface area contributed by atoms with Crippen molar-refractivity contribution < 1.29 is 14.1 Å². The Morgan fingerprint density at radius 1 is 1.37 bits per heavy atom. The summed E-state index contributed by atoms with van der Waals surface area (Å²) in [5.74, 6) is -0.393. The zero-order chi connectivity index (χ0) is 19.6. The van der Waals surface area contributed by atoms with Crippen molar-refractivity contribution in [3.05, 3.63) is 41.5 Å². The summed E-state index contributed by atoms with van der Waals surface area (Å²) >= 11 is 0. The summed E-state index contributed by atoms with van der Waals surface area (Å²) in [7, 11) is 0. The van der Waals surface area contributed by atoms with Crippen LogP contribution in [0.5, 0.6) is 0 Å². The number of nitrogens with zero attached hydrogens (tertiary/aromatic N) is 4. The van der Waals surface area contributed by atoms with Gasteiger partial charge in [0.1, 0.15) is 6.10 Å². The van der Waals surface area contributed by atoms with E-state index >= 15 is 0 Å². The van der Waals surface area contributed by atoms with Crippen molar-refractivity contribution in [1.82, 2.24) is 19.9 Å². The zero-order valence-electron chi connectivity index (χ0n) is 16.5. The molecule has 0 fully saturated rings. The molecule has 0 saturated heterocycles. The van der Waals surface area contributed by atoms with E-state index in [0.29, 0.717) is 36.0 Å². The maximum Gasteiger partial charge on any atom is 0.339 e. The molecular weight excluding hydrogens is 344 g/mol. The van der Waals surface area contributed by atoms with Crippen LogP contribution in [0.15, 0.2) is 29.0 Å². The summed E-state index contributed by atoms with van der Waals surface area (Å²) in [6.45, 7) is 10.7. The monoisotopic (exact) mass is 370 g/mol. The molecule has 0 radical (unpaired) electrons. The molecule has 3 aromatic rings. The highest BCUT2D eigenvalue weighted by atomic mass is 16.5. The molecule has 0 aliphatic rings. The van der Waals surface area contributed by atoms with Crippen LogP contribution < -0.4 is 0 Å². The Morgan fingerprint density at radius 2 is 2.15 bits per heavy atom. The minimum atomic E-state index is -0.393. The van der Waals surface area contributed by atoms with Gasteiger partial charge in [-0.05, 0) is 37.3 Å². The number of hydrogen-bond donors (Lipinski definition) is 0. The molecule has 0 spiro atoms. The van der Waals surface area contributed by atoms with Crippen molar-refractivity contribution in [2.75, 3.05) is 0 Å². The quantitative estimate of drug-likeness (QED) is 0.614. The van der Waals surface area contributed by atoms with Gasteiger partial charge in [-0.3, -0.25) is 4.68 Å². The van der Waals surface area contributed by atoms with Gasteiger partial charge in [-0.25, -0.2) is 9.78 Å². The fourth-order valence-electron chi connectivity index (χ4n) is 2.98. The number of hydrogen-bond acceptors (Lipinski definition) is 6. The van der Waals surface area contributed by atoms with Gasteiger partial charge < -0.3 is 9.26 Å². The van der Waals surface area contributed by atoms with Crippen LogP contribution in [0.25, 0.3) is 11.1 Å². The first-order chi connectivity index (χ1) is 12.8. The Hall–Kier alpha value is -2.70. The summed E-state index contributed by atoms with van der Waals surface area (Å²) in [6.07, 6.45) is 4.58. The SMILES string of the molecule is CCc1cc(C(=O)OC(C)Cn2cccn2)c2c(CC(C)(C)C)noc2n1. The first-order valence-corrected chi connectivity index (χ1v) is 9.23. The third-order valence-electron chi connectivity index (χ3n) is 4.16. The second-order valence-electron chi connectivity index (χ2n) is 8.01. The van der Waals surface area contributed by atoms with Gasteiger partial charge in [-0.15, -0.1) is 0 Å². The fourth-order valence-corrected chi connectivity index (χ4v) is 2.98. The molecule has 0 bridgehead atoms. The van der Waals surface area contributed by atoms with Crippen molar-refractivity contribution in [3.8, 4) is 0 Å². The first kappa shape index (κ1) is 19.1. The van der Waals surface area contributed by atoms with E-state index in [4.69, 9.17) is 9.26 Å². The van der Waals surface area contributed by atoms with E-state index in [-0.39, 0.29) is 11.5 Å². The third-order valence-corrected chi connectivity index (χ3v) is 4.16. The second-order valence-corrected chi connectivity index (χ2v) is 8.01. The summed E-state index contributed by atoms with van der Waals surface area (Å²) in [6, 6.07) is 3.62. The minimum Gasteiger partial charge on any atom is -0.457 e. The molecule has 0 aliphatic carbocycles. The number of aromatic nitrogens is 4. The zero-order valence-corrected chi connectivity index (χ0v) is 16.5. The Balaban J connectivity index is 1.92. The molecule has 0 aliphatic heterocycles. The van der Waals surface area contributed by atoms with E-state index in [2.05, 4.69) is 36.0 Å². The average Bonchev–Trinajstić information content (AvgIpc) is 3.22. The van der Waals surface area contributed by atoms with Crippen molar-refractivity contribution >= 4 is 17.1 Å². The predicted octanol–water partition coefficient (Wildman–Crippen LogP) is 3.82. The molecular formula is C20H26N4O3. The number of esters is 1. The van der Waals surface area contributed by atoms with E-state index in [9.17, 15) is 4.79 Å². The molecule has 0 aromatic carbocycles. The number of rotatable bonds is 6. The molecule has 7 heteroatoms. The van der Waals surface area contributed by atoms with Crippen LogP contribution in [0.1, 0.15) is 56.4 Å². The van der Waals surface area contributed by atoms with Crippen LogP contribution >= 0.6 is 0 Å². The second kappa shape index (κ2) is 7.50. The molecule has 1 unspecified atom stereocenters. The van der Waals surface area contributed by atoms with Crippen molar-refractivity contribution in [3.63, 3.8) is 0 Å². The number of pyridine rings is 1. The standard InChI is InChI=1S/C20H26N4O3/c1-6-14-10-15(19(25)26-13(2)12-24-9-7-8-21-24)17-16(11-20(3,4)5)23-27-18(17)22-14/h7-10,13H,6,11-12H2,1-5H3. The molecule has 3 rings (SSSR count). The van der Waals surface area contributed by atoms with Crippen LogP contribution in [0.2, 0.25) is 0 Å². The molecule has 27 heavy (non-hydrogen) atoms. The molecule has 3 heterocycles. The molecule has 3 aromatic heterocycles. The van der Waals surface area contributed by atoms with Crippen LogP contribution in [0.3, 0.4) is 0 Å². The highest BCUT2D eigenvalue weighted by Gasteiger charge is 2.25. The van der Waals surface area contributed by atoms with E-state index in [1.54, 1.807) is 16.9 Å². The number of carbonyl (C=O) groups is 1. The van der Waals surface area contributed by atoms with Gasteiger partial charge in [-0.2, -0.15) is 5.10 Å². The highest BCUT2D eigenvalue weighted by Crippen LogP contribution is 2.29. The smallest absolute Gasteiger partial charge is 0.339 e. The lowest BCUT2D eigenvalue weighted by Crippen LogP contribution is -2.21. The lowest BCUT2D eigenvalue weighted by molar-refractivity contribution is 0.0301. The minimum absolute atomic E-state index is 0.00178. The normalized spacial score (nSPS) is 13.1. The van der Waals surface area contributed by atoms with Gasteiger partial charge in [0.25, 0.3) is 5.71 Å². The maximum atomic E-state index is 12.9. The average molecular weight is 370 g/mol. The third kappa shape index (κ3) is 4.53. The number of ether oxygens (including phenoxy) is 1. The number of carbonyl (C=O) groups excluding carboxylic acids is 1. The Kier molecular flexibility index (Phi) is 5.30. The Morgan fingerprint density at radius 3 is 2.78 bits per heavy atom. The van der Waals surface area contributed by atoms with Crippen molar-refractivity contribution in [2.24, 2.45) is 5.41 Å². The van der Waals surface area contributed by atoms with E-state index < -0.39 is 5.97 Å². The molecule has 1 atom stereocenters. The predicted molar refractivity (Wildman–Crippen MR) is 101 cm³/mol. The van der Waals surface area contributed by atoms with Crippen LogP contribution in [-0.2, 0) is 24.1 Å². The van der Waals surface area contributed by atoms with Gasteiger partial charge >= 0.3 is 5.97 Å². The molecule has 0 amide bonds. The largest absolute Gasteiger partial charge is 0.457 e. The summed E-state index contributed by atoms with van der Waals surface area (Å²) in [4.78, 5) is 17.4. The van der Waals surface area contributed by atoms with Gasteiger partial charge in [0.05, 0.1) is 23.2 Å². The van der Waals surface area contributed by atoms with Crippen molar-refractivity contribution in [2.45, 2.75) is 60.1 Å². The maximum absolute atomic E-state index is 12.9. The highest BCUT2D eigenvalue weighted by molar-refractivity contribution is 6.03. The van der Waals surface area contributed by atoms with E-state index in [1.165, 1.54) is 0 Å². The summed E-state index contributed by atoms with van der Waals surface area (Å²) < 4.78 is 12.8. The van der Waals surface area contributed by atoms with E-state index in [1.807, 2.05) is 26.1 Å². The Labute approximate surface area is 158 Å². The molecule has 144 valence electrons. The first-order valence-electron chi connectivity index (χ1n) is 9.23. The number of fused-ring (bicyclic) bond motifs is 1. The number of aryl methyl sites for hydroxylation is 1. The molecule has 0 N–H and O–H groups in total. The van der Waals surface area contributed by atoms with Gasteiger partial charge in [0.2, 0.25) is 0 Å². The van der Waals surface area contributed by atoms with Gasteiger partial charge in [0.15, 0.2) is 0 Å². The molecule has 0 saturated carbocycles. The summed E-state index contributed by atoms with van der Waals surface area (Å²) in [5, 5.41) is 8.98. The summed E-state index contributed by atoms with van der Waals surface area (Å²) in [5.41, 5.74) is 2.36.